The number of halogens is 1. The van der Waals surface area contributed by atoms with E-state index < -0.39 is 0 Å². The number of nitrogens with zero attached hydrogens (tertiary/aromatic N) is 3. The van der Waals surface area contributed by atoms with Crippen molar-refractivity contribution in [3.8, 4) is 0 Å². The lowest BCUT2D eigenvalue weighted by molar-refractivity contribution is -0.139. The molecule has 5 nitrogen and oxygen atoms in total. The molecule has 0 unspecified atom stereocenters. The van der Waals surface area contributed by atoms with Gasteiger partial charge in [-0.3, -0.25) is 4.79 Å². The van der Waals surface area contributed by atoms with Crippen molar-refractivity contribution in [1.29, 1.82) is 0 Å². The van der Waals surface area contributed by atoms with Crippen LogP contribution in [0.5, 0.6) is 0 Å². The van der Waals surface area contributed by atoms with Crippen molar-refractivity contribution in [3.05, 3.63) is 22.3 Å². The highest BCUT2D eigenvalue weighted by molar-refractivity contribution is 9.10. The third kappa shape index (κ3) is 3.26. The van der Waals surface area contributed by atoms with Crippen LogP contribution >= 0.6 is 15.9 Å². The lowest BCUT2D eigenvalue weighted by atomic mass is 9.78. The van der Waals surface area contributed by atoms with Gasteiger partial charge in [0.05, 0.1) is 16.0 Å². The Hall–Kier alpha value is -1.14. The van der Waals surface area contributed by atoms with Gasteiger partial charge in [-0.25, -0.2) is 4.98 Å². The van der Waals surface area contributed by atoms with Crippen molar-refractivity contribution in [2.24, 2.45) is 5.41 Å². The van der Waals surface area contributed by atoms with Gasteiger partial charge >= 0.3 is 0 Å². The molecule has 1 aromatic heterocycles. The summed E-state index contributed by atoms with van der Waals surface area (Å²) in [6, 6.07) is 2.42. The highest BCUT2D eigenvalue weighted by Crippen LogP contribution is 2.44. The molecule has 3 fully saturated rings. The van der Waals surface area contributed by atoms with Crippen molar-refractivity contribution in [3.63, 3.8) is 0 Å². The number of aryl methyl sites for hydroxylation is 1. The number of aliphatic hydroxyl groups excluding tert-OH is 1. The second kappa shape index (κ2) is 7.12. The highest BCUT2D eigenvalue weighted by Gasteiger charge is 2.50. The molecule has 3 heterocycles. The van der Waals surface area contributed by atoms with Crippen LogP contribution in [0.1, 0.15) is 50.5 Å². The average molecular weight is 422 g/mol. The maximum atomic E-state index is 13.4. The topological polar surface area (TPSA) is 56.7 Å². The smallest absolute Gasteiger partial charge is 0.230 e. The standard InChI is InChI=1S/C20H28BrN3O2/c1-14-11-17(21)18(22-12-14)23-9-2-7-20(13-23)8-10-24(19(20)26)15-3-5-16(25)6-4-15/h11-12,15-16,25H,2-10,13H2,1H3/t15-,16-,20-/m0/s1. The van der Waals surface area contributed by atoms with Gasteiger partial charge in [0, 0.05) is 31.9 Å². The Labute approximate surface area is 163 Å². The van der Waals surface area contributed by atoms with Gasteiger partial charge in [0.15, 0.2) is 0 Å². The number of carbonyl (C=O) groups excluding carboxylic acids is 1. The van der Waals surface area contributed by atoms with Gasteiger partial charge in [-0.05, 0) is 79.4 Å². The first-order valence-electron chi connectivity index (χ1n) is 9.85. The zero-order valence-electron chi connectivity index (χ0n) is 15.5. The van der Waals surface area contributed by atoms with Crippen LogP contribution < -0.4 is 4.90 Å². The van der Waals surface area contributed by atoms with Crippen LogP contribution in [0.2, 0.25) is 0 Å². The molecule has 2 aliphatic heterocycles. The number of rotatable bonds is 2. The van der Waals surface area contributed by atoms with Crippen LogP contribution in [0.15, 0.2) is 16.7 Å². The van der Waals surface area contributed by atoms with Gasteiger partial charge in [0.1, 0.15) is 5.82 Å². The number of pyridine rings is 1. The summed E-state index contributed by atoms with van der Waals surface area (Å²) in [5, 5.41) is 9.76. The molecule has 1 atom stereocenters. The zero-order valence-corrected chi connectivity index (χ0v) is 17.0. The van der Waals surface area contributed by atoms with Crippen LogP contribution in [-0.2, 0) is 4.79 Å². The molecule has 1 saturated carbocycles. The van der Waals surface area contributed by atoms with E-state index in [0.29, 0.717) is 11.9 Å². The number of aromatic nitrogens is 1. The summed E-state index contributed by atoms with van der Waals surface area (Å²) in [5.41, 5.74) is 0.885. The van der Waals surface area contributed by atoms with Gasteiger partial charge in [0.2, 0.25) is 5.91 Å². The summed E-state index contributed by atoms with van der Waals surface area (Å²) in [5.74, 6) is 1.30. The van der Waals surface area contributed by atoms with Crippen LogP contribution in [0.3, 0.4) is 0 Å². The molecule has 1 spiro atoms. The number of likely N-dealkylation sites (tertiary alicyclic amines) is 1. The Morgan fingerprint density at radius 2 is 2.00 bits per heavy atom. The Kier molecular flexibility index (Phi) is 4.99. The first-order chi connectivity index (χ1) is 12.5. The molecule has 1 aromatic rings. The molecular formula is C20H28BrN3O2. The molecule has 6 heteroatoms. The van der Waals surface area contributed by atoms with Gasteiger partial charge in [-0.1, -0.05) is 0 Å². The SMILES string of the molecule is Cc1cnc(N2CCC[C@]3(CCN([C@H]4CC[C@H](O)CC4)C3=O)C2)c(Br)c1. The monoisotopic (exact) mass is 421 g/mol. The number of hydrogen-bond acceptors (Lipinski definition) is 4. The second-order valence-corrected chi connectivity index (χ2v) is 9.19. The summed E-state index contributed by atoms with van der Waals surface area (Å²) >= 11 is 3.65. The fourth-order valence-corrected chi connectivity index (χ4v) is 5.73. The highest BCUT2D eigenvalue weighted by atomic mass is 79.9. The van der Waals surface area contributed by atoms with Crippen molar-refractivity contribution >= 4 is 27.7 Å². The van der Waals surface area contributed by atoms with E-state index in [4.69, 9.17) is 0 Å². The van der Waals surface area contributed by atoms with E-state index in [2.05, 4.69) is 36.8 Å². The molecule has 1 aliphatic carbocycles. The van der Waals surface area contributed by atoms with Crippen molar-refractivity contribution in [1.82, 2.24) is 9.88 Å². The van der Waals surface area contributed by atoms with Crippen LogP contribution in [0.25, 0.3) is 0 Å². The third-order valence-corrected chi connectivity index (χ3v) is 7.07. The first-order valence-corrected chi connectivity index (χ1v) is 10.6. The number of aliphatic hydroxyl groups is 1. The van der Waals surface area contributed by atoms with Crippen molar-refractivity contribution in [2.45, 2.75) is 64.0 Å². The minimum Gasteiger partial charge on any atom is -0.393 e. The maximum absolute atomic E-state index is 13.4. The molecule has 3 aliphatic rings. The first kappa shape index (κ1) is 18.2. The van der Waals surface area contributed by atoms with Crippen LogP contribution in [-0.4, -0.2) is 52.7 Å². The largest absolute Gasteiger partial charge is 0.393 e. The van der Waals surface area contributed by atoms with E-state index in [1.807, 2.05) is 13.1 Å². The second-order valence-electron chi connectivity index (χ2n) is 8.33. The molecule has 0 aromatic carbocycles. The average Bonchev–Trinajstić information content (AvgIpc) is 2.92. The van der Waals surface area contributed by atoms with Gasteiger partial charge in [-0.2, -0.15) is 0 Å². The predicted octanol–water partition coefficient (Wildman–Crippen LogP) is 3.27. The molecular weight excluding hydrogens is 394 g/mol. The quantitative estimate of drug-likeness (QED) is 0.795. The van der Waals surface area contributed by atoms with E-state index in [9.17, 15) is 9.90 Å². The minimum absolute atomic E-state index is 0.173. The molecule has 142 valence electrons. The fourth-order valence-electron chi connectivity index (χ4n) is 5.02. The summed E-state index contributed by atoms with van der Waals surface area (Å²) in [6.07, 6.45) is 8.23. The maximum Gasteiger partial charge on any atom is 0.230 e. The number of hydrogen-bond donors (Lipinski definition) is 1. The van der Waals surface area contributed by atoms with Crippen LogP contribution in [0, 0.1) is 12.3 Å². The third-order valence-electron chi connectivity index (χ3n) is 6.49. The summed E-state index contributed by atoms with van der Waals surface area (Å²) in [4.78, 5) is 22.4. The summed E-state index contributed by atoms with van der Waals surface area (Å²) < 4.78 is 1.01. The van der Waals surface area contributed by atoms with Gasteiger partial charge in [0.25, 0.3) is 0 Å². The fraction of sp³-hybridized carbons (Fsp3) is 0.700. The lowest BCUT2D eigenvalue weighted by Crippen LogP contribution is -2.50. The predicted molar refractivity (Wildman–Crippen MR) is 105 cm³/mol. The van der Waals surface area contributed by atoms with E-state index in [1.165, 1.54) is 0 Å². The molecule has 1 N–H and O–H groups in total. The minimum atomic E-state index is -0.250. The Bertz CT molecular complexity index is 690. The number of carbonyl (C=O) groups is 1. The van der Waals surface area contributed by atoms with Crippen molar-refractivity contribution in [2.75, 3.05) is 24.5 Å². The normalized spacial score (nSPS) is 32.5. The van der Waals surface area contributed by atoms with E-state index in [0.717, 1.165) is 80.4 Å². The molecule has 0 bridgehead atoms. The summed E-state index contributed by atoms with van der Waals surface area (Å²) in [6.45, 7) is 4.64. The van der Waals surface area contributed by atoms with Crippen molar-refractivity contribution < 1.29 is 9.90 Å². The molecule has 1 amide bonds. The Morgan fingerprint density at radius 1 is 1.23 bits per heavy atom. The van der Waals surface area contributed by atoms with E-state index in [-0.39, 0.29) is 11.5 Å². The molecule has 2 saturated heterocycles. The van der Waals surface area contributed by atoms with Gasteiger partial charge in [-0.15, -0.1) is 0 Å². The molecule has 26 heavy (non-hydrogen) atoms. The Morgan fingerprint density at radius 3 is 2.73 bits per heavy atom. The molecule has 4 rings (SSSR count). The van der Waals surface area contributed by atoms with Gasteiger partial charge < -0.3 is 14.9 Å². The van der Waals surface area contributed by atoms with Crippen LogP contribution in [0.4, 0.5) is 5.82 Å². The number of amides is 1. The summed E-state index contributed by atoms with van der Waals surface area (Å²) in [7, 11) is 0. The number of piperidine rings is 1. The number of anilines is 1. The lowest BCUT2D eigenvalue weighted by Gasteiger charge is -2.41. The molecule has 0 radical (unpaired) electrons. The Balaban J connectivity index is 1.50. The zero-order chi connectivity index (χ0) is 18.3. The van der Waals surface area contributed by atoms with E-state index >= 15 is 0 Å². The van der Waals surface area contributed by atoms with E-state index in [1.54, 1.807) is 0 Å².